The average Bonchev–Trinajstić information content (AvgIpc) is 2.55. The van der Waals surface area contributed by atoms with Crippen molar-refractivity contribution in [3.8, 4) is 0 Å². The van der Waals surface area contributed by atoms with Gasteiger partial charge in [0.15, 0.2) is 0 Å². The third kappa shape index (κ3) is 3.45. The summed E-state index contributed by atoms with van der Waals surface area (Å²) in [5.74, 6) is 0.479. The summed E-state index contributed by atoms with van der Waals surface area (Å²) < 4.78 is 12.2. The maximum atomic E-state index is 12.5. The highest BCUT2D eigenvalue weighted by molar-refractivity contribution is 7.84. The van der Waals surface area contributed by atoms with Crippen molar-refractivity contribution in [3.63, 3.8) is 0 Å². The predicted molar refractivity (Wildman–Crippen MR) is 90.3 cm³/mol. The Labute approximate surface area is 133 Å². The van der Waals surface area contributed by atoms with Gasteiger partial charge in [-0.1, -0.05) is 48.5 Å². The number of anilines is 1. The molecular formula is C18H19NO2S. The van der Waals surface area contributed by atoms with Crippen LogP contribution in [0.1, 0.15) is 17.5 Å². The van der Waals surface area contributed by atoms with Crippen molar-refractivity contribution >= 4 is 22.4 Å². The molecule has 22 heavy (non-hydrogen) atoms. The van der Waals surface area contributed by atoms with E-state index >= 15 is 0 Å². The molecule has 114 valence electrons. The summed E-state index contributed by atoms with van der Waals surface area (Å²) in [4.78, 5) is 14.3. The molecule has 2 aromatic carbocycles. The Hall–Kier alpha value is -1.94. The van der Waals surface area contributed by atoms with Crippen molar-refractivity contribution in [3.05, 3.63) is 65.7 Å². The Morgan fingerprint density at radius 2 is 1.77 bits per heavy atom. The lowest BCUT2D eigenvalue weighted by molar-refractivity contribution is -0.116. The van der Waals surface area contributed by atoms with Crippen LogP contribution in [0, 0.1) is 0 Å². The number of fused-ring (bicyclic) bond motifs is 1. The number of aryl methyl sites for hydroxylation is 1. The first-order valence-electron chi connectivity index (χ1n) is 7.51. The lowest BCUT2D eigenvalue weighted by Crippen LogP contribution is -2.38. The van der Waals surface area contributed by atoms with Crippen LogP contribution in [0.2, 0.25) is 0 Å². The van der Waals surface area contributed by atoms with Crippen molar-refractivity contribution in [1.29, 1.82) is 0 Å². The van der Waals surface area contributed by atoms with Crippen LogP contribution in [0.3, 0.4) is 0 Å². The van der Waals surface area contributed by atoms with Crippen molar-refractivity contribution < 1.29 is 9.00 Å². The minimum atomic E-state index is -1.17. The Kier molecular flexibility index (Phi) is 4.68. The van der Waals surface area contributed by atoms with Gasteiger partial charge in [-0.25, -0.2) is 0 Å². The zero-order chi connectivity index (χ0) is 15.4. The summed E-state index contributed by atoms with van der Waals surface area (Å²) in [6, 6.07) is 17.7. The summed E-state index contributed by atoms with van der Waals surface area (Å²) in [6.07, 6.45) is 1.97. The molecule has 3 nitrogen and oxygen atoms in total. The number of amides is 1. The van der Waals surface area contributed by atoms with E-state index in [4.69, 9.17) is 0 Å². The highest BCUT2D eigenvalue weighted by atomic mass is 32.2. The normalized spacial score (nSPS) is 15.2. The zero-order valence-electron chi connectivity index (χ0n) is 12.4. The lowest BCUT2D eigenvalue weighted by atomic mass is 10.0. The Bertz CT molecular complexity index is 684. The summed E-state index contributed by atoms with van der Waals surface area (Å²) in [6.45, 7) is 0.721. The number of carbonyl (C=O) groups excluding carboxylic acids is 1. The molecule has 1 unspecified atom stereocenters. The molecule has 1 aliphatic rings. The minimum Gasteiger partial charge on any atom is -0.311 e. The molecule has 0 bridgehead atoms. The van der Waals surface area contributed by atoms with E-state index in [1.807, 2.05) is 48.5 Å². The van der Waals surface area contributed by atoms with Gasteiger partial charge >= 0.3 is 0 Å². The van der Waals surface area contributed by atoms with Gasteiger partial charge in [0.2, 0.25) is 5.91 Å². The number of rotatable bonds is 4. The van der Waals surface area contributed by atoms with Gasteiger partial charge in [-0.15, -0.1) is 0 Å². The molecule has 1 heterocycles. The van der Waals surface area contributed by atoms with E-state index in [1.54, 1.807) is 4.90 Å². The Morgan fingerprint density at radius 3 is 2.59 bits per heavy atom. The average molecular weight is 313 g/mol. The monoisotopic (exact) mass is 313 g/mol. The van der Waals surface area contributed by atoms with E-state index in [1.165, 1.54) is 5.56 Å². The van der Waals surface area contributed by atoms with Crippen LogP contribution in [0.5, 0.6) is 0 Å². The molecule has 0 aromatic heterocycles. The molecule has 3 rings (SSSR count). The van der Waals surface area contributed by atoms with Crippen LogP contribution >= 0.6 is 0 Å². The second-order valence-corrected chi connectivity index (χ2v) is 6.95. The second kappa shape index (κ2) is 6.88. The lowest BCUT2D eigenvalue weighted by Gasteiger charge is -2.29. The first-order valence-corrected chi connectivity index (χ1v) is 9.00. The Balaban J connectivity index is 1.67. The molecule has 2 aromatic rings. The van der Waals surface area contributed by atoms with Crippen molar-refractivity contribution in [2.75, 3.05) is 17.2 Å². The van der Waals surface area contributed by atoms with Crippen LogP contribution in [0.4, 0.5) is 5.69 Å². The van der Waals surface area contributed by atoms with Gasteiger partial charge in [-0.3, -0.25) is 9.00 Å². The van der Waals surface area contributed by atoms with Crippen LogP contribution < -0.4 is 4.90 Å². The summed E-state index contributed by atoms with van der Waals surface area (Å²) in [5, 5.41) is 0. The van der Waals surface area contributed by atoms with E-state index < -0.39 is 10.8 Å². The minimum absolute atomic E-state index is 0.0404. The standard InChI is InChI=1S/C18H19NO2S/c20-18(14-22(21)13-15-7-2-1-3-8-15)19-12-6-10-16-9-4-5-11-17(16)19/h1-5,7-9,11H,6,10,12-14H2. The van der Waals surface area contributed by atoms with Crippen LogP contribution in [0.25, 0.3) is 0 Å². The molecule has 4 heteroatoms. The molecule has 1 aliphatic heterocycles. The van der Waals surface area contributed by atoms with E-state index in [0.717, 1.165) is 30.6 Å². The Morgan fingerprint density at radius 1 is 1.05 bits per heavy atom. The second-order valence-electron chi connectivity index (χ2n) is 5.49. The highest BCUT2D eigenvalue weighted by Crippen LogP contribution is 2.26. The number of benzene rings is 2. The molecule has 1 atom stereocenters. The number of carbonyl (C=O) groups is 1. The molecule has 1 amide bonds. The molecule has 0 radical (unpaired) electrons. The van der Waals surface area contributed by atoms with Crippen molar-refractivity contribution in [1.82, 2.24) is 0 Å². The largest absolute Gasteiger partial charge is 0.311 e. The molecule has 0 saturated heterocycles. The van der Waals surface area contributed by atoms with Gasteiger partial charge in [-0.2, -0.15) is 0 Å². The summed E-state index contributed by atoms with van der Waals surface area (Å²) in [7, 11) is -1.17. The first-order chi connectivity index (χ1) is 10.7. The van der Waals surface area contributed by atoms with Gasteiger partial charge < -0.3 is 4.90 Å². The number of para-hydroxylation sites is 1. The van der Waals surface area contributed by atoms with E-state index in [9.17, 15) is 9.00 Å². The molecular weight excluding hydrogens is 294 g/mol. The first kappa shape index (κ1) is 15.0. The summed E-state index contributed by atoms with van der Waals surface area (Å²) in [5.41, 5.74) is 3.19. The highest BCUT2D eigenvalue weighted by Gasteiger charge is 2.23. The van der Waals surface area contributed by atoms with Gasteiger partial charge in [-0.05, 0) is 30.0 Å². The third-order valence-corrected chi connectivity index (χ3v) is 5.09. The topological polar surface area (TPSA) is 37.4 Å². The maximum Gasteiger partial charge on any atom is 0.239 e. The molecule has 0 aliphatic carbocycles. The van der Waals surface area contributed by atoms with Crippen LogP contribution in [-0.4, -0.2) is 22.4 Å². The fourth-order valence-electron chi connectivity index (χ4n) is 2.82. The van der Waals surface area contributed by atoms with Crippen LogP contribution in [-0.2, 0) is 27.8 Å². The predicted octanol–water partition coefficient (Wildman–Crippen LogP) is 2.91. The fourth-order valence-corrected chi connectivity index (χ4v) is 3.92. The zero-order valence-corrected chi connectivity index (χ0v) is 13.2. The van der Waals surface area contributed by atoms with Crippen LogP contribution in [0.15, 0.2) is 54.6 Å². The number of hydrogen-bond donors (Lipinski definition) is 0. The van der Waals surface area contributed by atoms with Crippen molar-refractivity contribution in [2.45, 2.75) is 18.6 Å². The SMILES string of the molecule is O=C(CS(=O)Cc1ccccc1)N1CCCc2ccccc21. The number of nitrogens with zero attached hydrogens (tertiary/aromatic N) is 1. The fraction of sp³-hybridized carbons (Fsp3) is 0.278. The third-order valence-electron chi connectivity index (χ3n) is 3.87. The maximum absolute atomic E-state index is 12.5. The quantitative estimate of drug-likeness (QED) is 0.870. The molecule has 0 saturated carbocycles. The van der Waals surface area contributed by atoms with Gasteiger partial charge in [0.05, 0.1) is 0 Å². The molecule has 0 fully saturated rings. The van der Waals surface area contributed by atoms with Gasteiger partial charge in [0, 0.05) is 28.8 Å². The van der Waals surface area contributed by atoms with Gasteiger partial charge in [0.25, 0.3) is 0 Å². The number of hydrogen-bond acceptors (Lipinski definition) is 2. The molecule has 0 spiro atoms. The van der Waals surface area contributed by atoms with E-state index in [0.29, 0.717) is 5.75 Å². The molecule has 0 N–H and O–H groups in total. The van der Waals surface area contributed by atoms with Gasteiger partial charge in [0.1, 0.15) is 5.75 Å². The van der Waals surface area contributed by atoms with E-state index in [2.05, 4.69) is 6.07 Å². The smallest absolute Gasteiger partial charge is 0.239 e. The summed E-state index contributed by atoms with van der Waals surface area (Å²) >= 11 is 0. The van der Waals surface area contributed by atoms with Crippen molar-refractivity contribution in [2.24, 2.45) is 0 Å². The van der Waals surface area contributed by atoms with E-state index in [-0.39, 0.29) is 11.7 Å².